The van der Waals surface area contributed by atoms with Crippen LogP contribution in [0, 0.1) is 6.92 Å². The second-order valence-electron chi connectivity index (χ2n) is 7.30. The quantitative estimate of drug-likeness (QED) is 0.476. The Hall–Kier alpha value is -1.52. The highest BCUT2D eigenvalue weighted by Gasteiger charge is 2.21. The molecule has 0 bridgehead atoms. The molecule has 2 aromatic carbocycles. The predicted octanol–water partition coefficient (Wildman–Crippen LogP) is 6.84. The Kier molecular flexibility index (Phi) is 5.98. The smallest absolute Gasteiger partial charge is 0.0840 e. The second kappa shape index (κ2) is 8.46. The highest BCUT2D eigenvalue weighted by Crippen LogP contribution is 2.33. The molecule has 0 radical (unpaired) electrons. The predicted molar refractivity (Wildman–Crippen MR) is 118 cm³/mol. The van der Waals surface area contributed by atoms with Crippen LogP contribution < -0.4 is 5.32 Å². The van der Waals surface area contributed by atoms with Crippen molar-refractivity contribution in [3.8, 4) is 16.9 Å². The van der Waals surface area contributed by atoms with E-state index in [2.05, 4.69) is 12.2 Å². The molecule has 0 spiro atoms. The zero-order chi connectivity index (χ0) is 19.7. The SMILES string of the molecule is Cc1c(CNC2CCCC2)nn(-c2ccc(Cl)cc2Cl)c1-c1ccc(Cl)cc1. The fourth-order valence-corrected chi connectivity index (χ4v) is 4.47. The first-order valence-electron chi connectivity index (χ1n) is 9.56. The Morgan fingerprint density at radius 1 is 1.00 bits per heavy atom. The van der Waals surface area contributed by atoms with Gasteiger partial charge in [-0.25, -0.2) is 4.68 Å². The molecule has 1 aliphatic carbocycles. The molecule has 0 amide bonds. The van der Waals surface area contributed by atoms with Crippen molar-refractivity contribution in [3.63, 3.8) is 0 Å². The third-order valence-electron chi connectivity index (χ3n) is 5.39. The van der Waals surface area contributed by atoms with Crippen molar-refractivity contribution in [2.75, 3.05) is 0 Å². The average Bonchev–Trinajstić information content (AvgIpc) is 3.29. The molecule has 1 aliphatic rings. The zero-order valence-corrected chi connectivity index (χ0v) is 18.0. The van der Waals surface area contributed by atoms with E-state index in [1.54, 1.807) is 6.07 Å². The van der Waals surface area contributed by atoms with Gasteiger partial charge in [-0.2, -0.15) is 5.10 Å². The van der Waals surface area contributed by atoms with E-state index in [4.69, 9.17) is 39.9 Å². The van der Waals surface area contributed by atoms with E-state index in [1.807, 2.05) is 41.1 Å². The van der Waals surface area contributed by atoms with Crippen LogP contribution in [0.25, 0.3) is 16.9 Å². The molecule has 0 atom stereocenters. The summed E-state index contributed by atoms with van der Waals surface area (Å²) >= 11 is 18.7. The van der Waals surface area contributed by atoms with Crippen LogP contribution in [0.15, 0.2) is 42.5 Å². The Morgan fingerprint density at radius 3 is 2.36 bits per heavy atom. The minimum Gasteiger partial charge on any atom is -0.308 e. The van der Waals surface area contributed by atoms with Gasteiger partial charge in [0.2, 0.25) is 0 Å². The molecule has 146 valence electrons. The van der Waals surface area contributed by atoms with Crippen molar-refractivity contribution >= 4 is 34.8 Å². The summed E-state index contributed by atoms with van der Waals surface area (Å²) in [5, 5.41) is 10.5. The van der Waals surface area contributed by atoms with Crippen LogP contribution in [0.5, 0.6) is 0 Å². The number of rotatable bonds is 5. The van der Waals surface area contributed by atoms with Gasteiger partial charge < -0.3 is 5.32 Å². The zero-order valence-electron chi connectivity index (χ0n) is 15.7. The monoisotopic (exact) mass is 433 g/mol. The fraction of sp³-hybridized carbons (Fsp3) is 0.318. The molecule has 1 heterocycles. The lowest BCUT2D eigenvalue weighted by atomic mass is 10.1. The first kappa shape index (κ1) is 19.8. The van der Waals surface area contributed by atoms with Crippen molar-refractivity contribution in [1.29, 1.82) is 0 Å². The summed E-state index contributed by atoms with van der Waals surface area (Å²) in [5.74, 6) is 0. The molecule has 1 N–H and O–H groups in total. The minimum atomic E-state index is 0.570. The van der Waals surface area contributed by atoms with Crippen LogP contribution in [0.2, 0.25) is 15.1 Å². The number of nitrogens with one attached hydrogen (secondary N) is 1. The second-order valence-corrected chi connectivity index (χ2v) is 8.58. The maximum atomic E-state index is 6.51. The van der Waals surface area contributed by atoms with Gasteiger partial charge in [0.25, 0.3) is 0 Å². The number of benzene rings is 2. The van der Waals surface area contributed by atoms with Crippen molar-refractivity contribution < 1.29 is 0 Å². The van der Waals surface area contributed by atoms with Crippen LogP contribution in [0.3, 0.4) is 0 Å². The molecule has 28 heavy (non-hydrogen) atoms. The van der Waals surface area contributed by atoms with Gasteiger partial charge >= 0.3 is 0 Å². The fourth-order valence-electron chi connectivity index (χ4n) is 3.85. The topological polar surface area (TPSA) is 29.9 Å². The van der Waals surface area contributed by atoms with Crippen molar-refractivity contribution in [2.24, 2.45) is 0 Å². The maximum Gasteiger partial charge on any atom is 0.0840 e. The molecule has 0 aliphatic heterocycles. The minimum absolute atomic E-state index is 0.570. The summed E-state index contributed by atoms with van der Waals surface area (Å²) in [5.41, 5.74) is 5.05. The van der Waals surface area contributed by atoms with Gasteiger partial charge in [-0.1, -0.05) is 59.8 Å². The lowest BCUT2D eigenvalue weighted by Gasteiger charge is -2.11. The normalized spacial score (nSPS) is 14.7. The molecule has 4 rings (SSSR count). The maximum absolute atomic E-state index is 6.51. The molecule has 1 fully saturated rings. The van der Waals surface area contributed by atoms with Gasteiger partial charge in [-0.05, 0) is 55.7 Å². The molecule has 6 heteroatoms. The van der Waals surface area contributed by atoms with E-state index in [1.165, 1.54) is 25.7 Å². The number of nitrogens with zero attached hydrogens (tertiary/aromatic N) is 2. The Morgan fingerprint density at radius 2 is 1.68 bits per heavy atom. The molecule has 0 unspecified atom stereocenters. The Labute approximate surface area is 180 Å². The highest BCUT2D eigenvalue weighted by molar-refractivity contribution is 6.35. The summed E-state index contributed by atoms with van der Waals surface area (Å²) in [6.45, 7) is 2.86. The summed E-state index contributed by atoms with van der Waals surface area (Å²) < 4.78 is 1.92. The number of hydrogen-bond donors (Lipinski definition) is 1. The van der Waals surface area contributed by atoms with Crippen LogP contribution in [-0.4, -0.2) is 15.8 Å². The summed E-state index contributed by atoms with van der Waals surface area (Å²) in [4.78, 5) is 0. The molecule has 3 aromatic rings. The molecule has 1 aromatic heterocycles. The van der Waals surface area contributed by atoms with Gasteiger partial charge in [0.1, 0.15) is 0 Å². The summed E-state index contributed by atoms with van der Waals surface area (Å²) in [6.07, 6.45) is 5.10. The van der Waals surface area contributed by atoms with Gasteiger partial charge in [-0.15, -0.1) is 0 Å². The van der Waals surface area contributed by atoms with Gasteiger partial charge in [-0.3, -0.25) is 0 Å². The molecular weight excluding hydrogens is 413 g/mol. The number of halogens is 3. The Balaban J connectivity index is 1.77. The van der Waals surface area contributed by atoms with E-state index in [9.17, 15) is 0 Å². The van der Waals surface area contributed by atoms with Crippen molar-refractivity contribution in [3.05, 3.63) is 68.8 Å². The van der Waals surface area contributed by atoms with E-state index in [0.29, 0.717) is 21.1 Å². The first-order valence-corrected chi connectivity index (χ1v) is 10.7. The van der Waals surface area contributed by atoms with E-state index < -0.39 is 0 Å². The van der Waals surface area contributed by atoms with E-state index in [-0.39, 0.29) is 0 Å². The van der Waals surface area contributed by atoms with Gasteiger partial charge in [0, 0.05) is 28.2 Å². The standard InChI is InChI=1S/C22H22Cl3N3/c1-14-20(13-26-18-4-2-3-5-18)27-28(21-11-10-17(24)12-19(21)25)22(14)15-6-8-16(23)9-7-15/h6-12,18,26H,2-5,13H2,1H3. The molecule has 3 nitrogen and oxygen atoms in total. The van der Waals surface area contributed by atoms with E-state index in [0.717, 1.165) is 34.7 Å². The number of aromatic nitrogens is 2. The third kappa shape index (κ3) is 4.08. The lowest BCUT2D eigenvalue weighted by Crippen LogP contribution is -2.25. The van der Waals surface area contributed by atoms with Crippen LogP contribution >= 0.6 is 34.8 Å². The number of hydrogen-bond acceptors (Lipinski definition) is 2. The highest BCUT2D eigenvalue weighted by atomic mass is 35.5. The Bertz CT molecular complexity index is 973. The molecule has 1 saturated carbocycles. The summed E-state index contributed by atoms with van der Waals surface area (Å²) in [6, 6.07) is 13.9. The van der Waals surface area contributed by atoms with Crippen molar-refractivity contribution in [1.82, 2.24) is 15.1 Å². The van der Waals surface area contributed by atoms with Crippen LogP contribution in [0.1, 0.15) is 36.9 Å². The van der Waals surface area contributed by atoms with Crippen LogP contribution in [0.4, 0.5) is 0 Å². The van der Waals surface area contributed by atoms with E-state index >= 15 is 0 Å². The third-order valence-corrected chi connectivity index (χ3v) is 6.18. The van der Waals surface area contributed by atoms with Crippen LogP contribution in [-0.2, 0) is 6.54 Å². The lowest BCUT2D eigenvalue weighted by molar-refractivity contribution is 0.517. The summed E-state index contributed by atoms with van der Waals surface area (Å²) in [7, 11) is 0. The van der Waals surface area contributed by atoms with Gasteiger partial charge in [0.15, 0.2) is 0 Å². The van der Waals surface area contributed by atoms with Gasteiger partial charge in [0.05, 0.1) is 22.1 Å². The largest absolute Gasteiger partial charge is 0.308 e. The molecular formula is C22H22Cl3N3. The van der Waals surface area contributed by atoms with Crippen molar-refractivity contribution in [2.45, 2.75) is 45.2 Å². The first-order chi connectivity index (χ1) is 13.5. The molecule has 0 saturated heterocycles. The average molecular weight is 435 g/mol.